The number of benzene rings is 1. The zero-order valence-electron chi connectivity index (χ0n) is 7.57. The molecule has 2 aromatic rings. The minimum absolute atomic E-state index is 0.987. The van der Waals surface area contributed by atoms with Crippen molar-refractivity contribution in [2.75, 3.05) is 0 Å². The van der Waals surface area contributed by atoms with Crippen LogP contribution in [0.3, 0.4) is 0 Å². The molecule has 0 N–H and O–H groups in total. The fourth-order valence-electron chi connectivity index (χ4n) is 1.39. The van der Waals surface area contributed by atoms with Gasteiger partial charge in [0.05, 0.1) is 11.9 Å². The van der Waals surface area contributed by atoms with Gasteiger partial charge in [-0.1, -0.05) is 31.2 Å². The molecule has 1 aromatic carbocycles. The van der Waals surface area contributed by atoms with Crippen molar-refractivity contribution in [2.24, 2.45) is 0 Å². The largest absolute Gasteiger partial charge is 0.158 e. The van der Waals surface area contributed by atoms with Gasteiger partial charge < -0.3 is 0 Å². The average molecular weight is 171 g/mol. The fourth-order valence-corrected chi connectivity index (χ4v) is 1.39. The predicted octanol–water partition coefficient (Wildman–Crippen LogP) is 2.59. The molecule has 13 heavy (non-hydrogen) atoms. The first-order chi connectivity index (χ1) is 6.42. The lowest BCUT2D eigenvalue weighted by Gasteiger charge is -2.01. The van der Waals surface area contributed by atoms with E-state index in [1.54, 1.807) is 6.20 Å². The summed E-state index contributed by atoms with van der Waals surface area (Å²) in [6, 6.07) is 8.17. The highest BCUT2D eigenvalue weighted by atomic mass is 15.1. The second kappa shape index (κ2) is 3.52. The summed E-state index contributed by atoms with van der Waals surface area (Å²) in [5, 5.41) is 10.4. The van der Waals surface area contributed by atoms with Gasteiger partial charge in [-0.15, -0.1) is 0 Å². The summed E-state index contributed by atoms with van der Waals surface area (Å²) in [7, 11) is 0. The number of fused-ring (bicyclic) bond motifs is 1. The van der Waals surface area contributed by atoms with Crippen LogP contribution in [0.5, 0.6) is 0 Å². The van der Waals surface area contributed by atoms with E-state index in [0.717, 1.165) is 17.5 Å². The minimum atomic E-state index is 0.987. The molecule has 0 amide bonds. The normalized spacial score (nSPS) is 10.5. The van der Waals surface area contributed by atoms with Crippen molar-refractivity contribution < 1.29 is 0 Å². The van der Waals surface area contributed by atoms with Gasteiger partial charge >= 0.3 is 0 Å². The van der Waals surface area contributed by atoms with Crippen molar-refractivity contribution in [1.82, 2.24) is 10.2 Å². The van der Waals surface area contributed by atoms with Crippen LogP contribution in [0.2, 0.25) is 0 Å². The summed E-state index contributed by atoms with van der Waals surface area (Å²) in [6.45, 7) is 2.10. The summed E-state index contributed by atoms with van der Waals surface area (Å²) < 4.78 is 0. The highest BCUT2D eigenvalue weighted by molar-refractivity contribution is 5.84. The first-order valence-electron chi connectivity index (χ1n) is 4.45. The third-order valence-corrected chi connectivity index (χ3v) is 2.00. The Labute approximate surface area is 77.6 Å². The molecular formula is C11H11N2. The highest BCUT2D eigenvalue weighted by Crippen LogP contribution is 2.16. The lowest BCUT2D eigenvalue weighted by atomic mass is 10.1. The van der Waals surface area contributed by atoms with Gasteiger partial charge in [-0.2, -0.15) is 10.2 Å². The van der Waals surface area contributed by atoms with Gasteiger partial charge in [-0.3, -0.25) is 0 Å². The van der Waals surface area contributed by atoms with E-state index in [4.69, 9.17) is 0 Å². The molecule has 0 saturated heterocycles. The van der Waals surface area contributed by atoms with Crippen LogP contribution in [-0.4, -0.2) is 10.2 Å². The van der Waals surface area contributed by atoms with Crippen molar-refractivity contribution in [3.63, 3.8) is 0 Å². The third-order valence-electron chi connectivity index (χ3n) is 2.00. The number of hydrogen-bond acceptors (Lipinski definition) is 2. The first-order valence-corrected chi connectivity index (χ1v) is 4.45. The van der Waals surface area contributed by atoms with Crippen molar-refractivity contribution in [3.05, 3.63) is 42.6 Å². The summed E-state index contributed by atoms with van der Waals surface area (Å²) in [5.41, 5.74) is 0.987. The fraction of sp³-hybridized carbons (Fsp3) is 0.182. The molecule has 0 aliphatic rings. The van der Waals surface area contributed by atoms with Crippen LogP contribution in [0.4, 0.5) is 0 Å². The molecule has 0 aliphatic heterocycles. The highest BCUT2D eigenvalue weighted by Gasteiger charge is 2.00. The number of nitrogens with zero attached hydrogens (tertiary/aromatic N) is 2. The molecule has 0 fully saturated rings. The Hall–Kier alpha value is -1.44. The molecule has 65 valence electrons. The predicted molar refractivity (Wildman–Crippen MR) is 53.2 cm³/mol. The van der Waals surface area contributed by atoms with Crippen LogP contribution < -0.4 is 0 Å². The molecule has 1 heterocycles. The Balaban J connectivity index is 2.61. The molecule has 1 radical (unpaired) electrons. The van der Waals surface area contributed by atoms with E-state index < -0.39 is 0 Å². The molecule has 0 aliphatic carbocycles. The zero-order chi connectivity index (χ0) is 9.10. The maximum Gasteiger partial charge on any atom is 0.0746 e. The summed E-state index contributed by atoms with van der Waals surface area (Å²) in [5.74, 6) is 0. The van der Waals surface area contributed by atoms with Gasteiger partial charge in [0.15, 0.2) is 0 Å². The van der Waals surface area contributed by atoms with Crippen LogP contribution >= 0.6 is 0 Å². The zero-order valence-corrected chi connectivity index (χ0v) is 7.57. The van der Waals surface area contributed by atoms with Crippen molar-refractivity contribution in [1.29, 1.82) is 0 Å². The Kier molecular flexibility index (Phi) is 2.21. The molecule has 2 heteroatoms. The van der Waals surface area contributed by atoms with E-state index in [2.05, 4.69) is 35.7 Å². The van der Waals surface area contributed by atoms with Gasteiger partial charge in [0.2, 0.25) is 0 Å². The lowest BCUT2D eigenvalue weighted by Crippen LogP contribution is -1.91. The second-order valence-electron chi connectivity index (χ2n) is 2.93. The Bertz CT molecular complexity index is 404. The summed E-state index contributed by atoms with van der Waals surface area (Å²) >= 11 is 0. The van der Waals surface area contributed by atoms with Crippen LogP contribution in [0, 0.1) is 6.42 Å². The van der Waals surface area contributed by atoms with E-state index in [-0.39, 0.29) is 0 Å². The maximum atomic E-state index is 4.09. The minimum Gasteiger partial charge on any atom is -0.158 e. The van der Waals surface area contributed by atoms with Crippen molar-refractivity contribution >= 4 is 10.8 Å². The van der Waals surface area contributed by atoms with Gasteiger partial charge in [0.25, 0.3) is 0 Å². The molecule has 2 nitrogen and oxygen atoms in total. The second-order valence-corrected chi connectivity index (χ2v) is 2.93. The Morgan fingerprint density at radius 1 is 1.31 bits per heavy atom. The summed E-state index contributed by atoms with van der Waals surface area (Å²) in [4.78, 5) is 0. The van der Waals surface area contributed by atoms with Crippen LogP contribution in [0.25, 0.3) is 10.8 Å². The van der Waals surface area contributed by atoms with Gasteiger partial charge in [0.1, 0.15) is 0 Å². The van der Waals surface area contributed by atoms with Gasteiger partial charge in [0, 0.05) is 17.2 Å². The van der Waals surface area contributed by atoms with Crippen LogP contribution in [0.15, 0.2) is 30.5 Å². The Morgan fingerprint density at radius 3 is 3.00 bits per heavy atom. The van der Waals surface area contributed by atoms with Crippen LogP contribution in [-0.2, 0) is 0 Å². The Morgan fingerprint density at radius 2 is 2.15 bits per heavy atom. The van der Waals surface area contributed by atoms with E-state index in [1.807, 2.05) is 12.1 Å². The SMILES string of the molecule is CC[CH]c1nncc2ccccc12. The molecule has 0 atom stereocenters. The lowest BCUT2D eigenvalue weighted by molar-refractivity contribution is 0.975. The monoisotopic (exact) mass is 171 g/mol. The van der Waals surface area contributed by atoms with Crippen LogP contribution in [0.1, 0.15) is 19.0 Å². The molecular weight excluding hydrogens is 160 g/mol. The van der Waals surface area contributed by atoms with E-state index in [1.165, 1.54) is 5.39 Å². The molecule has 1 aromatic heterocycles. The topological polar surface area (TPSA) is 25.8 Å². The van der Waals surface area contributed by atoms with Gasteiger partial charge in [-0.25, -0.2) is 0 Å². The maximum absolute atomic E-state index is 4.09. The molecule has 0 bridgehead atoms. The molecule has 0 unspecified atom stereocenters. The third kappa shape index (κ3) is 1.52. The smallest absolute Gasteiger partial charge is 0.0746 e. The van der Waals surface area contributed by atoms with E-state index in [9.17, 15) is 0 Å². The summed E-state index contributed by atoms with van der Waals surface area (Å²) in [6.07, 6.45) is 4.88. The first kappa shape index (κ1) is 8.17. The molecule has 0 spiro atoms. The van der Waals surface area contributed by atoms with E-state index >= 15 is 0 Å². The van der Waals surface area contributed by atoms with Crippen molar-refractivity contribution in [2.45, 2.75) is 13.3 Å². The van der Waals surface area contributed by atoms with Gasteiger partial charge in [-0.05, 0) is 6.42 Å². The quantitative estimate of drug-likeness (QED) is 0.694. The number of aromatic nitrogens is 2. The number of rotatable bonds is 2. The van der Waals surface area contributed by atoms with E-state index in [0.29, 0.717) is 0 Å². The number of hydrogen-bond donors (Lipinski definition) is 0. The molecule has 0 saturated carbocycles. The standard InChI is InChI=1S/C11H11N2/c1-2-5-11-10-7-4-3-6-9(10)8-12-13-11/h3-8H,2H2,1H3. The van der Waals surface area contributed by atoms with Crippen molar-refractivity contribution in [3.8, 4) is 0 Å². The molecule has 2 rings (SSSR count). The average Bonchev–Trinajstić information content (AvgIpc) is 2.19.